The zero-order valence-electron chi connectivity index (χ0n) is 10.7. The highest BCUT2D eigenvalue weighted by atomic mass is 35.5. The summed E-state index contributed by atoms with van der Waals surface area (Å²) >= 11 is 5.86. The minimum Gasteiger partial charge on any atom is -0.384 e. The number of carbonyl (C=O) groups is 1. The molecule has 20 heavy (non-hydrogen) atoms. The van der Waals surface area contributed by atoms with Crippen LogP contribution in [-0.2, 0) is 0 Å². The fraction of sp³-hybridized carbons (Fsp3) is 0.286. The first-order valence-corrected chi connectivity index (χ1v) is 6.77. The van der Waals surface area contributed by atoms with Crippen LogP contribution in [-0.4, -0.2) is 23.5 Å². The Bertz CT molecular complexity index is 632. The van der Waals surface area contributed by atoms with Crippen LogP contribution in [0.2, 0.25) is 5.02 Å². The number of hydrogen-bond acceptors (Lipinski definition) is 3. The Labute approximate surface area is 121 Å². The topological polar surface area (TPSA) is 73.4 Å². The summed E-state index contributed by atoms with van der Waals surface area (Å²) < 4.78 is 0. The van der Waals surface area contributed by atoms with E-state index in [0.717, 1.165) is 12.8 Å². The quantitative estimate of drug-likeness (QED) is 0.862. The number of fused-ring (bicyclic) bond motifs is 1. The smallest absolute Gasteiger partial charge is 0.330 e. The van der Waals surface area contributed by atoms with Crippen molar-refractivity contribution in [1.29, 1.82) is 5.26 Å². The largest absolute Gasteiger partial charge is 0.384 e. The molecule has 0 aliphatic carbocycles. The molecular weight excluding hydrogens is 276 g/mol. The van der Waals surface area contributed by atoms with Crippen molar-refractivity contribution < 1.29 is 4.79 Å². The average Bonchev–Trinajstić information content (AvgIpc) is 2.91. The number of halogens is 1. The molecule has 6 heteroatoms. The molecule has 0 saturated carbocycles. The van der Waals surface area contributed by atoms with E-state index in [0.29, 0.717) is 22.8 Å². The third-order valence-corrected chi connectivity index (χ3v) is 4.00. The van der Waals surface area contributed by atoms with E-state index in [1.165, 1.54) is 4.90 Å². The Morgan fingerprint density at radius 2 is 2.05 bits per heavy atom. The average molecular weight is 289 g/mol. The molecule has 0 bridgehead atoms. The van der Waals surface area contributed by atoms with Crippen LogP contribution in [0, 0.1) is 11.3 Å². The zero-order valence-corrected chi connectivity index (χ0v) is 11.5. The maximum atomic E-state index is 12.6. The van der Waals surface area contributed by atoms with Gasteiger partial charge in [-0.05, 0) is 37.1 Å². The zero-order chi connectivity index (χ0) is 14.3. The first kappa shape index (κ1) is 12.8. The number of anilines is 1. The van der Waals surface area contributed by atoms with Crippen molar-refractivity contribution in [2.24, 2.45) is 5.73 Å². The lowest BCUT2D eigenvalue weighted by Crippen LogP contribution is -2.52. The number of nitrogens with zero attached hydrogens (tertiary/aromatic N) is 3. The van der Waals surface area contributed by atoms with Crippen LogP contribution in [0.5, 0.6) is 0 Å². The minimum atomic E-state index is -0.175. The summed E-state index contributed by atoms with van der Waals surface area (Å²) in [6.45, 7) is 0.659. The molecule has 1 saturated heterocycles. The molecule has 0 radical (unpaired) electrons. The highest BCUT2D eigenvalue weighted by Gasteiger charge is 2.41. The minimum absolute atomic E-state index is 0.170. The van der Waals surface area contributed by atoms with Gasteiger partial charge in [-0.3, -0.25) is 0 Å². The van der Waals surface area contributed by atoms with E-state index >= 15 is 0 Å². The summed E-state index contributed by atoms with van der Waals surface area (Å²) in [6.07, 6.45) is 1.69. The van der Waals surface area contributed by atoms with Crippen LogP contribution in [0.15, 0.2) is 35.7 Å². The number of rotatable bonds is 1. The van der Waals surface area contributed by atoms with Gasteiger partial charge in [-0.2, -0.15) is 5.26 Å². The van der Waals surface area contributed by atoms with Gasteiger partial charge in [0.25, 0.3) is 0 Å². The van der Waals surface area contributed by atoms with E-state index in [9.17, 15) is 10.1 Å². The van der Waals surface area contributed by atoms with Gasteiger partial charge in [-0.1, -0.05) is 11.6 Å². The van der Waals surface area contributed by atoms with Gasteiger partial charge >= 0.3 is 6.03 Å². The van der Waals surface area contributed by atoms with E-state index in [-0.39, 0.29) is 17.9 Å². The fourth-order valence-corrected chi connectivity index (χ4v) is 2.92. The number of nitrogens with two attached hydrogens (primary N) is 1. The Kier molecular flexibility index (Phi) is 3.03. The molecule has 2 amide bonds. The molecule has 1 fully saturated rings. The number of nitriles is 1. The molecule has 0 aromatic heterocycles. The predicted molar refractivity (Wildman–Crippen MR) is 75.9 cm³/mol. The standard InChI is InChI=1S/C14H13ClN4O/c15-9-3-5-10(6-4-9)19-13(17)11(8-16)12-2-1-7-18(12)14(19)20/h3-6,12H,1-2,7,17H2/t12-/m1/s1. The first-order chi connectivity index (χ1) is 9.63. The van der Waals surface area contributed by atoms with Crippen molar-refractivity contribution in [3.63, 3.8) is 0 Å². The van der Waals surface area contributed by atoms with Crippen molar-refractivity contribution in [3.8, 4) is 6.07 Å². The first-order valence-electron chi connectivity index (χ1n) is 6.39. The van der Waals surface area contributed by atoms with E-state index in [1.54, 1.807) is 29.2 Å². The Morgan fingerprint density at radius 3 is 2.70 bits per heavy atom. The SMILES string of the molecule is N#CC1=C(N)N(c2ccc(Cl)cc2)C(=O)N2CCC[C@H]12. The summed E-state index contributed by atoms with van der Waals surface area (Å²) in [7, 11) is 0. The molecule has 1 aromatic rings. The van der Waals surface area contributed by atoms with E-state index in [2.05, 4.69) is 6.07 Å². The van der Waals surface area contributed by atoms with Gasteiger partial charge in [0.1, 0.15) is 11.9 Å². The third kappa shape index (κ3) is 1.81. The highest BCUT2D eigenvalue weighted by Crippen LogP contribution is 2.34. The van der Waals surface area contributed by atoms with Crippen LogP contribution in [0.25, 0.3) is 0 Å². The van der Waals surface area contributed by atoms with Gasteiger partial charge in [-0.15, -0.1) is 0 Å². The lowest BCUT2D eigenvalue weighted by molar-refractivity contribution is 0.203. The van der Waals surface area contributed by atoms with Crippen molar-refractivity contribution in [3.05, 3.63) is 40.7 Å². The Balaban J connectivity index is 2.10. The molecule has 2 aliphatic rings. The summed E-state index contributed by atoms with van der Waals surface area (Å²) in [4.78, 5) is 15.7. The van der Waals surface area contributed by atoms with Gasteiger partial charge < -0.3 is 10.6 Å². The van der Waals surface area contributed by atoms with Crippen molar-refractivity contribution in [2.45, 2.75) is 18.9 Å². The lowest BCUT2D eigenvalue weighted by atomic mass is 10.0. The molecule has 2 aliphatic heterocycles. The number of urea groups is 1. The lowest BCUT2D eigenvalue weighted by Gasteiger charge is -2.37. The maximum Gasteiger partial charge on any atom is 0.330 e. The summed E-state index contributed by atoms with van der Waals surface area (Å²) in [5.74, 6) is 0.225. The molecule has 0 unspecified atom stereocenters. The normalized spacial score (nSPS) is 22.0. The molecule has 3 rings (SSSR count). The molecular formula is C14H13ClN4O. The predicted octanol–water partition coefficient (Wildman–Crippen LogP) is 2.44. The van der Waals surface area contributed by atoms with Crippen LogP contribution in [0.3, 0.4) is 0 Å². The number of amides is 2. The van der Waals surface area contributed by atoms with Crippen molar-refractivity contribution in [1.82, 2.24) is 4.90 Å². The summed E-state index contributed by atoms with van der Waals surface area (Å²) in [5.41, 5.74) is 7.14. The second-order valence-corrected chi connectivity index (χ2v) is 5.29. The second-order valence-electron chi connectivity index (χ2n) is 4.86. The Hall–Kier alpha value is -2.19. The summed E-state index contributed by atoms with van der Waals surface area (Å²) in [5, 5.41) is 9.91. The van der Waals surface area contributed by atoms with E-state index < -0.39 is 0 Å². The highest BCUT2D eigenvalue weighted by molar-refractivity contribution is 6.30. The molecule has 2 N–H and O–H groups in total. The van der Waals surface area contributed by atoms with Gasteiger partial charge in [0.15, 0.2) is 0 Å². The van der Waals surface area contributed by atoms with Gasteiger partial charge in [0, 0.05) is 11.6 Å². The van der Waals surface area contributed by atoms with Gasteiger partial charge in [0.05, 0.1) is 17.3 Å². The maximum absolute atomic E-state index is 12.6. The Morgan fingerprint density at radius 1 is 1.35 bits per heavy atom. The van der Waals surface area contributed by atoms with Crippen LogP contribution < -0.4 is 10.6 Å². The second kappa shape index (κ2) is 4.73. The van der Waals surface area contributed by atoms with Crippen LogP contribution >= 0.6 is 11.6 Å². The molecule has 102 valence electrons. The van der Waals surface area contributed by atoms with Crippen molar-refractivity contribution >= 4 is 23.3 Å². The van der Waals surface area contributed by atoms with Crippen LogP contribution in [0.1, 0.15) is 12.8 Å². The van der Waals surface area contributed by atoms with Crippen molar-refractivity contribution in [2.75, 3.05) is 11.4 Å². The number of benzene rings is 1. The van der Waals surface area contributed by atoms with Gasteiger partial charge in [0.2, 0.25) is 0 Å². The number of carbonyl (C=O) groups excluding carboxylic acids is 1. The molecule has 0 spiro atoms. The van der Waals surface area contributed by atoms with E-state index in [4.69, 9.17) is 17.3 Å². The third-order valence-electron chi connectivity index (χ3n) is 3.75. The molecule has 2 heterocycles. The molecule has 1 aromatic carbocycles. The summed E-state index contributed by atoms with van der Waals surface area (Å²) in [6, 6.07) is 8.63. The fourth-order valence-electron chi connectivity index (χ4n) is 2.79. The van der Waals surface area contributed by atoms with Crippen LogP contribution in [0.4, 0.5) is 10.5 Å². The van der Waals surface area contributed by atoms with Gasteiger partial charge in [-0.25, -0.2) is 9.69 Å². The monoisotopic (exact) mass is 288 g/mol. The number of hydrogen-bond donors (Lipinski definition) is 1. The molecule has 5 nitrogen and oxygen atoms in total. The van der Waals surface area contributed by atoms with E-state index in [1.807, 2.05) is 0 Å². The molecule has 1 atom stereocenters.